The summed E-state index contributed by atoms with van der Waals surface area (Å²) >= 11 is 0. The number of ether oxygens (including phenoxy) is 6. The van der Waals surface area contributed by atoms with Crippen LogP contribution < -0.4 is 28.4 Å². The Bertz CT molecular complexity index is 5410. The molecular formula is C102H98N2O12. The predicted molar refractivity (Wildman–Crippen MR) is 459 cm³/mol. The van der Waals surface area contributed by atoms with Gasteiger partial charge in [0, 0.05) is 55.9 Å². The molecule has 2 unspecified atom stereocenters. The number of carbonyl (C=O) groups is 6. The van der Waals surface area contributed by atoms with Crippen molar-refractivity contribution in [3.63, 3.8) is 0 Å². The lowest BCUT2D eigenvalue weighted by molar-refractivity contribution is -0.139. The number of esters is 2. The molecule has 13 aromatic carbocycles. The highest BCUT2D eigenvalue weighted by molar-refractivity contribution is 6.45. The van der Waals surface area contributed by atoms with Gasteiger partial charge in [0.05, 0.1) is 22.3 Å². The molecule has 14 heteroatoms. The average Bonchev–Trinajstić information content (AvgIpc) is 0.669. The van der Waals surface area contributed by atoms with Gasteiger partial charge in [0.25, 0.3) is 23.6 Å². The molecule has 0 aromatic heterocycles. The fourth-order valence-electron chi connectivity index (χ4n) is 15.7. The predicted octanol–water partition coefficient (Wildman–Crippen LogP) is 24.3. The van der Waals surface area contributed by atoms with Crippen molar-refractivity contribution < 1.29 is 57.2 Å². The van der Waals surface area contributed by atoms with Crippen molar-refractivity contribution in [3.05, 3.63) is 297 Å². The Morgan fingerprint density at radius 2 is 0.457 bits per heavy atom. The van der Waals surface area contributed by atoms with Crippen LogP contribution in [0.5, 0.6) is 57.5 Å². The van der Waals surface area contributed by atoms with Crippen LogP contribution in [0.4, 0.5) is 0 Å². The average molecular weight is 1540 g/mol. The highest BCUT2D eigenvalue weighted by atomic mass is 16.5. The smallest absolute Gasteiger partial charge is 0.335 e. The largest absolute Gasteiger partial charge is 0.457 e. The van der Waals surface area contributed by atoms with E-state index >= 15 is 28.8 Å². The third-order valence-corrected chi connectivity index (χ3v) is 22.3. The zero-order valence-corrected chi connectivity index (χ0v) is 69.3. The second-order valence-corrected chi connectivity index (χ2v) is 37.0. The molecule has 2 aliphatic heterocycles. The molecule has 14 nitrogen and oxygen atoms in total. The number of carbonyl (C=O) groups excluding carboxylic acids is 6. The number of benzene rings is 13. The lowest BCUT2D eigenvalue weighted by Gasteiger charge is -2.35. The number of hydrogen-bond acceptors (Lipinski definition) is 12. The fourth-order valence-corrected chi connectivity index (χ4v) is 15.7. The Hall–Kier alpha value is -12.4. The van der Waals surface area contributed by atoms with E-state index in [2.05, 4.69) is 125 Å². The highest BCUT2D eigenvalue weighted by Crippen LogP contribution is 2.59. The summed E-state index contributed by atoms with van der Waals surface area (Å²) in [5, 5.41) is 2.02. The third kappa shape index (κ3) is 15.3. The van der Waals surface area contributed by atoms with E-state index in [1.807, 2.05) is 182 Å². The summed E-state index contributed by atoms with van der Waals surface area (Å²) in [5.41, 5.74) is 5.70. The fraction of sp³-hybridized carbons (Fsp3) is 0.275. The van der Waals surface area contributed by atoms with Crippen LogP contribution in [-0.2, 0) is 54.9 Å². The Kier molecular flexibility index (Phi) is 20.0. The zero-order chi connectivity index (χ0) is 82.6. The number of hydrogen-bond donors (Lipinski definition) is 0. The minimum absolute atomic E-state index is 0.0144. The molecule has 13 aromatic rings. The molecule has 0 bridgehead atoms. The quantitative estimate of drug-likeness (QED) is 0.0263. The van der Waals surface area contributed by atoms with E-state index in [0.29, 0.717) is 34.1 Å². The second kappa shape index (κ2) is 29.5. The summed E-state index contributed by atoms with van der Waals surface area (Å²) in [4.78, 5) is 101. The first-order valence-corrected chi connectivity index (χ1v) is 39.7. The van der Waals surface area contributed by atoms with E-state index in [4.69, 9.17) is 28.4 Å². The van der Waals surface area contributed by atoms with Gasteiger partial charge in [-0.3, -0.25) is 29.0 Å². The number of imide groups is 2. The van der Waals surface area contributed by atoms with Crippen LogP contribution in [0.2, 0.25) is 0 Å². The number of nitrogens with zero attached hydrogens (tertiary/aromatic N) is 2. The van der Waals surface area contributed by atoms with E-state index < -0.39 is 47.7 Å². The first-order chi connectivity index (χ1) is 54.8. The van der Waals surface area contributed by atoms with Gasteiger partial charge in [-0.15, -0.1) is 0 Å². The SMILES string of the molecule is CC(C)(C)c1ccc(OC(=O)C(Cc2ccccc2)N2C(=O)c3cc(Oc4ccc(C(C)(C)C)cc4)c4c5c(Oc6ccc(C(C)(C)C)cc6)cc6c7c(cc(Oc8ccc(C(C)(C)C)cc8)c(c8c(Oc9ccc(C(C)(C)C)cc9)cc(c3c48)C2=O)c75)C(=O)N(C(Cc2ccccc2)C(=O)Oc2ccc(C(C)(C)C)cc2)C6=O)cc1. The van der Waals surface area contributed by atoms with Gasteiger partial charge in [0.1, 0.15) is 69.6 Å². The first-order valence-electron chi connectivity index (χ1n) is 39.7. The van der Waals surface area contributed by atoms with Crippen molar-refractivity contribution in [3.8, 4) is 57.5 Å². The molecule has 116 heavy (non-hydrogen) atoms. The van der Waals surface area contributed by atoms with Crippen LogP contribution in [-0.4, -0.2) is 57.5 Å². The third-order valence-electron chi connectivity index (χ3n) is 22.3. The Morgan fingerprint density at radius 1 is 0.259 bits per heavy atom. The van der Waals surface area contributed by atoms with Gasteiger partial charge in [0.2, 0.25) is 0 Å². The lowest BCUT2D eigenvalue weighted by Crippen LogP contribution is -2.52. The molecule has 0 spiro atoms. The second-order valence-electron chi connectivity index (χ2n) is 37.0. The molecule has 0 saturated carbocycles. The maximum Gasteiger partial charge on any atom is 0.335 e. The molecule has 0 aliphatic carbocycles. The molecule has 2 heterocycles. The number of rotatable bonds is 18. The molecule has 0 fully saturated rings. The van der Waals surface area contributed by atoms with Crippen LogP contribution in [0, 0.1) is 0 Å². The zero-order valence-electron chi connectivity index (χ0n) is 69.3. The molecule has 15 rings (SSSR count). The van der Waals surface area contributed by atoms with Crippen molar-refractivity contribution in [1.29, 1.82) is 0 Å². The Balaban J connectivity index is 1.08. The molecule has 2 atom stereocenters. The summed E-state index contributed by atoms with van der Waals surface area (Å²) < 4.78 is 42.4. The summed E-state index contributed by atoms with van der Waals surface area (Å²) in [6.07, 6.45) is -0.273. The van der Waals surface area contributed by atoms with Crippen molar-refractivity contribution in [2.45, 2.75) is 182 Å². The van der Waals surface area contributed by atoms with Gasteiger partial charge >= 0.3 is 11.9 Å². The summed E-state index contributed by atoms with van der Waals surface area (Å²) in [5.74, 6) is -2.89. The Labute approximate surface area is 678 Å². The normalized spacial score (nSPS) is 14.1. The standard InChI is InChI=1S/C102H98N2O12/c1-97(2,3)61-29-41-67(42-30-61)111-79-55-73-83-74(92(106)103(91(73)105)77(53-59-25-21-19-22-26-59)95(109)115-71-49-37-65(38-50-71)101(13,14)15)57-81(113-69-45-33-63(34-46-69)99(7,8)9)87-88-82(114-70-47-35-64(36-48-70)100(10,11)12)58-76-84-75(56-80(86(90(84)88)85(79)89(83)87)112-68-43-31-62(32-44-68)98(4,5)6)93(107)104(94(76)108)78(54-60-27-23-20-24-28-60)96(110)116-72-51-39-66(40-52-72)102(16,17)18/h19-52,55-58,77-78H,53-54H2,1-18H3. The lowest BCUT2D eigenvalue weighted by atomic mass is 9.80. The molecule has 0 saturated heterocycles. The van der Waals surface area contributed by atoms with Crippen molar-refractivity contribution >= 4 is 78.7 Å². The Morgan fingerprint density at radius 3 is 0.655 bits per heavy atom. The van der Waals surface area contributed by atoms with Crippen LogP contribution in [0.15, 0.2) is 231 Å². The van der Waals surface area contributed by atoms with Crippen LogP contribution >= 0.6 is 0 Å². The highest BCUT2D eigenvalue weighted by Gasteiger charge is 2.48. The number of amides is 4. The molecule has 0 N–H and O–H groups in total. The van der Waals surface area contributed by atoms with E-state index in [-0.39, 0.29) is 145 Å². The van der Waals surface area contributed by atoms with Crippen LogP contribution in [0.1, 0.15) is 211 Å². The monoisotopic (exact) mass is 1540 g/mol. The maximum atomic E-state index is 16.8. The molecular weight excluding hydrogens is 1450 g/mol. The molecule has 588 valence electrons. The summed E-state index contributed by atoms with van der Waals surface area (Å²) in [7, 11) is 0. The van der Waals surface area contributed by atoms with Crippen molar-refractivity contribution in [2.75, 3.05) is 0 Å². The minimum atomic E-state index is -1.56. The van der Waals surface area contributed by atoms with E-state index in [9.17, 15) is 0 Å². The van der Waals surface area contributed by atoms with Crippen LogP contribution in [0.3, 0.4) is 0 Å². The van der Waals surface area contributed by atoms with Gasteiger partial charge < -0.3 is 28.4 Å². The van der Waals surface area contributed by atoms with Crippen LogP contribution in [0.25, 0.3) is 43.1 Å². The van der Waals surface area contributed by atoms with Crippen molar-refractivity contribution in [1.82, 2.24) is 9.80 Å². The molecule has 2 aliphatic rings. The van der Waals surface area contributed by atoms with Gasteiger partial charge in [-0.2, -0.15) is 0 Å². The van der Waals surface area contributed by atoms with Gasteiger partial charge in [-0.05, 0) is 174 Å². The van der Waals surface area contributed by atoms with E-state index in [1.165, 1.54) is 0 Å². The first kappa shape index (κ1) is 78.8. The van der Waals surface area contributed by atoms with Crippen molar-refractivity contribution in [2.24, 2.45) is 0 Å². The van der Waals surface area contributed by atoms with Gasteiger partial charge in [-0.25, -0.2) is 9.59 Å². The van der Waals surface area contributed by atoms with Gasteiger partial charge in [-0.1, -0.05) is 258 Å². The molecule has 4 amide bonds. The van der Waals surface area contributed by atoms with E-state index in [1.54, 1.807) is 48.5 Å². The maximum absolute atomic E-state index is 16.8. The summed E-state index contributed by atoms with van der Waals surface area (Å²) in [6, 6.07) is 66.8. The van der Waals surface area contributed by atoms with E-state index in [0.717, 1.165) is 43.2 Å². The topological polar surface area (TPSA) is 164 Å². The number of fused-ring (bicyclic) bond motifs is 2. The summed E-state index contributed by atoms with van der Waals surface area (Å²) in [6.45, 7) is 37.9. The minimum Gasteiger partial charge on any atom is -0.457 e. The molecule has 0 radical (unpaired) electrons. The van der Waals surface area contributed by atoms with Gasteiger partial charge in [0.15, 0.2) is 0 Å².